The highest BCUT2D eigenvalue weighted by atomic mass is 16.5. The lowest BCUT2D eigenvalue weighted by Gasteiger charge is -2.36. The molecular formula is C26H21N5O4. The molecule has 4 rings (SSSR count). The zero-order valence-corrected chi connectivity index (χ0v) is 19.0. The van der Waals surface area contributed by atoms with Crippen LogP contribution in [0.2, 0.25) is 0 Å². The molecule has 0 saturated carbocycles. The largest absolute Gasteiger partial charge is 0.466 e. The second-order valence-electron chi connectivity index (χ2n) is 7.46. The van der Waals surface area contributed by atoms with Crippen LogP contribution in [0.3, 0.4) is 0 Å². The Morgan fingerprint density at radius 3 is 2.29 bits per heavy atom. The Morgan fingerprint density at radius 2 is 1.66 bits per heavy atom. The van der Waals surface area contributed by atoms with E-state index in [-0.39, 0.29) is 22.7 Å². The molecule has 1 atom stereocenters. The van der Waals surface area contributed by atoms with Crippen molar-refractivity contribution in [2.75, 3.05) is 19.1 Å². The summed E-state index contributed by atoms with van der Waals surface area (Å²) in [4.78, 5) is 36.1. The molecule has 0 aliphatic carbocycles. The standard InChI is InChI=1S/C26H21N5O4/c1-34-25(32)21-20(16-8-4-3-5-9-16)19(15-27)23(28)31(22(21)26(33)35-2)18-11-6-10-17(14-18)24-29-12-7-13-30-24/h3-14,20H,28H2,1-2H3. The van der Waals surface area contributed by atoms with Crippen molar-refractivity contribution < 1.29 is 19.1 Å². The number of nitriles is 1. The number of esters is 2. The fraction of sp³-hybridized carbons (Fsp3) is 0.115. The van der Waals surface area contributed by atoms with Crippen molar-refractivity contribution in [1.82, 2.24) is 9.97 Å². The number of methoxy groups -OCH3 is 2. The topological polar surface area (TPSA) is 131 Å². The molecule has 9 heteroatoms. The number of ether oxygens (including phenoxy) is 2. The molecular weight excluding hydrogens is 446 g/mol. The number of hydrogen-bond donors (Lipinski definition) is 1. The summed E-state index contributed by atoms with van der Waals surface area (Å²) in [6.45, 7) is 0. The number of nitrogens with zero attached hydrogens (tertiary/aromatic N) is 4. The van der Waals surface area contributed by atoms with Crippen molar-refractivity contribution in [3.05, 3.63) is 101 Å². The zero-order chi connectivity index (χ0) is 24.9. The summed E-state index contributed by atoms with van der Waals surface area (Å²) in [6.07, 6.45) is 3.22. The molecule has 0 radical (unpaired) electrons. The van der Waals surface area contributed by atoms with E-state index in [1.807, 2.05) is 0 Å². The molecule has 174 valence electrons. The molecule has 1 aromatic heterocycles. The number of rotatable bonds is 5. The van der Waals surface area contributed by atoms with E-state index in [9.17, 15) is 14.9 Å². The monoisotopic (exact) mass is 467 g/mol. The first-order chi connectivity index (χ1) is 17.0. The van der Waals surface area contributed by atoms with Gasteiger partial charge in [-0.2, -0.15) is 5.26 Å². The van der Waals surface area contributed by atoms with Gasteiger partial charge in [0, 0.05) is 23.6 Å². The summed E-state index contributed by atoms with van der Waals surface area (Å²) in [5, 5.41) is 10.1. The van der Waals surface area contributed by atoms with Crippen LogP contribution in [0, 0.1) is 11.3 Å². The Balaban J connectivity index is 2.02. The molecule has 0 fully saturated rings. The van der Waals surface area contributed by atoms with Crippen molar-refractivity contribution in [1.29, 1.82) is 5.26 Å². The minimum atomic E-state index is -0.931. The number of carbonyl (C=O) groups is 2. The van der Waals surface area contributed by atoms with Gasteiger partial charge in [0.1, 0.15) is 11.5 Å². The number of nitrogens with two attached hydrogens (primary N) is 1. The third-order valence-electron chi connectivity index (χ3n) is 5.54. The summed E-state index contributed by atoms with van der Waals surface area (Å²) in [7, 11) is 2.41. The number of carbonyl (C=O) groups excluding carboxylic acids is 2. The molecule has 1 aliphatic rings. The molecule has 1 aliphatic heterocycles. The third-order valence-corrected chi connectivity index (χ3v) is 5.54. The SMILES string of the molecule is COC(=O)C1=C(C(=O)OC)N(c2cccc(-c3ncccn3)c2)C(N)=C(C#N)C1c1ccccc1. The van der Waals surface area contributed by atoms with Crippen LogP contribution in [-0.4, -0.2) is 36.1 Å². The number of anilines is 1. The van der Waals surface area contributed by atoms with Gasteiger partial charge < -0.3 is 15.2 Å². The normalized spacial score (nSPS) is 15.5. The molecule has 0 amide bonds. The number of hydrogen-bond acceptors (Lipinski definition) is 9. The van der Waals surface area contributed by atoms with Crippen molar-refractivity contribution in [3.63, 3.8) is 0 Å². The van der Waals surface area contributed by atoms with Crippen LogP contribution in [0.5, 0.6) is 0 Å². The van der Waals surface area contributed by atoms with E-state index < -0.39 is 17.9 Å². The molecule has 9 nitrogen and oxygen atoms in total. The average Bonchev–Trinajstić information content (AvgIpc) is 2.92. The molecule has 1 unspecified atom stereocenters. The van der Waals surface area contributed by atoms with Gasteiger partial charge in [-0.1, -0.05) is 42.5 Å². The van der Waals surface area contributed by atoms with Crippen LogP contribution in [-0.2, 0) is 19.1 Å². The highest BCUT2D eigenvalue weighted by molar-refractivity contribution is 6.06. The van der Waals surface area contributed by atoms with Crippen LogP contribution in [0.15, 0.2) is 95.7 Å². The van der Waals surface area contributed by atoms with Gasteiger partial charge in [-0.05, 0) is 23.8 Å². The van der Waals surface area contributed by atoms with Crippen LogP contribution < -0.4 is 10.6 Å². The van der Waals surface area contributed by atoms with Crippen molar-refractivity contribution in [3.8, 4) is 17.5 Å². The van der Waals surface area contributed by atoms with Gasteiger partial charge in [-0.25, -0.2) is 19.6 Å². The van der Waals surface area contributed by atoms with Crippen LogP contribution in [0.1, 0.15) is 11.5 Å². The van der Waals surface area contributed by atoms with Gasteiger partial charge in [0.25, 0.3) is 0 Å². The maximum Gasteiger partial charge on any atom is 0.355 e. The second kappa shape index (κ2) is 9.89. The highest BCUT2D eigenvalue weighted by Crippen LogP contribution is 2.43. The quantitative estimate of drug-likeness (QED) is 0.562. The lowest BCUT2D eigenvalue weighted by atomic mass is 9.81. The van der Waals surface area contributed by atoms with Gasteiger partial charge in [-0.3, -0.25) is 4.90 Å². The fourth-order valence-corrected chi connectivity index (χ4v) is 4.01. The fourth-order valence-electron chi connectivity index (χ4n) is 4.01. The molecule has 0 bridgehead atoms. The zero-order valence-electron chi connectivity index (χ0n) is 19.0. The predicted octanol–water partition coefficient (Wildman–Crippen LogP) is 3.04. The van der Waals surface area contributed by atoms with Gasteiger partial charge in [0.05, 0.1) is 37.4 Å². The molecule has 2 heterocycles. The number of aromatic nitrogens is 2. The van der Waals surface area contributed by atoms with Crippen molar-refractivity contribution in [2.24, 2.45) is 5.73 Å². The maximum absolute atomic E-state index is 13.1. The smallest absolute Gasteiger partial charge is 0.355 e. The second-order valence-corrected chi connectivity index (χ2v) is 7.46. The van der Waals surface area contributed by atoms with Crippen LogP contribution in [0.4, 0.5) is 5.69 Å². The Bertz CT molecular complexity index is 1380. The predicted molar refractivity (Wildman–Crippen MR) is 127 cm³/mol. The average molecular weight is 467 g/mol. The van der Waals surface area contributed by atoms with Gasteiger partial charge >= 0.3 is 11.9 Å². The Kier molecular flexibility index (Phi) is 6.55. The van der Waals surface area contributed by atoms with E-state index in [1.165, 1.54) is 19.1 Å². The van der Waals surface area contributed by atoms with E-state index in [1.54, 1.807) is 73.1 Å². The van der Waals surface area contributed by atoms with Gasteiger partial charge in [-0.15, -0.1) is 0 Å². The summed E-state index contributed by atoms with van der Waals surface area (Å²) in [5.74, 6) is -2.09. The molecule has 3 aromatic rings. The summed E-state index contributed by atoms with van der Waals surface area (Å²) < 4.78 is 10.1. The Hall–Kier alpha value is -4.97. The minimum absolute atomic E-state index is 0.0134. The number of benzene rings is 2. The lowest BCUT2D eigenvalue weighted by molar-refractivity contribution is -0.139. The van der Waals surface area contributed by atoms with Crippen molar-refractivity contribution >= 4 is 17.6 Å². The van der Waals surface area contributed by atoms with E-state index >= 15 is 0 Å². The first kappa shape index (κ1) is 23.2. The molecule has 35 heavy (non-hydrogen) atoms. The first-order valence-electron chi connectivity index (χ1n) is 10.5. The van der Waals surface area contributed by atoms with Gasteiger partial charge in [0.15, 0.2) is 5.82 Å². The minimum Gasteiger partial charge on any atom is -0.466 e. The first-order valence-corrected chi connectivity index (χ1v) is 10.5. The van der Waals surface area contributed by atoms with Gasteiger partial charge in [0.2, 0.25) is 0 Å². The Morgan fingerprint density at radius 1 is 0.971 bits per heavy atom. The summed E-state index contributed by atoms with van der Waals surface area (Å²) in [6, 6.07) is 19.6. The molecule has 0 spiro atoms. The van der Waals surface area contributed by atoms with E-state index in [0.717, 1.165) is 0 Å². The Labute approximate surface area is 201 Å². The van der Waals surface area contributed by atoms with E-state index in [2.05, 4.69) is 16.0 Å². The maximum atomic E-state index is 13.1. The molecule has 0 saturated heterocycles. The summed E-state index contributed by atoms with van der Waals surface area (Å²) >= 11 is 0. The third kappa shape index (κ3) is 4.20. The van der Waals surface area contributed by atoms with Crippen LogP contribution >= 0.6 is 0 Å². The summed E-state index contributed by atoms with van der Waals surface area (Å²) in [5.41, 5.74) is 8.06. The van der Waals surface area contributed by atoms with Crippen LogP contribution in [0.25, 0.3) is 11.4 Å². The van der Waals surface area contributed by atoms with Crippen molar-refractivity contribution in [2.45, 2.75) is 5.92 Å². The lowest BCUT2D eigenvalue weighted by Crippen LogP contribution is -2.40. The van der Waals surface area contributed by atoms with E-state index in [4.69, 9.17) is 15.2 Å². The van der Waals surface area contributed by atoms with E-state index in [0.29, 0.717) is 22.6 Å². The number of allylic oxidation sites excluding steroid dienone is 1. The molecule has 2 N–H and O–H groups in total. The highest BCUT2D eigenvalue weighted by Gasteiger charge is 2.43. The molecule has 2 aromatic carbocycles.